The van der Waals surface area contributed by atoms with Crippen molar-refractivity contribution < 1.29 is 37.5 Å². The Morgan fingerprint density at radius 2 is 1.52 bits per heavy atom. The van der Waals surface area contributed by atoms with Crippen LogP contribution < -0.4 is 19.6 Å². The van der Waals surface area contributed by atoms with Crippen molar-refractivity contribution in [1.82, 2.24) is 19.5 Å². The number of halogens is 1. The molecule has 268 valence electrons. The van der Waals surface area contributed by atoms with Crippen LogP contribution in [-0.2, 0) is 24.2 Å². The van der Waals surface area contributed by atoms with Gasteiger partial charge in [0.25, 0.3) is 5.56 Å². The Morgan fingerprint density at radius 1 is 0.904 bits per heavy atom. The average Bonchev–Trinajstić information content (AvgIpc) is 3.78. The van der Waals surface area contributed by atoms with Gasteiger partial charge in [-0.15, -0.1) is 0 Å². The third kappa shape index (κ3) is 7.07. The van der Waals surface area contributed by atoms with Gasteiger partial charge in [0.15, 0.2) is 11.2 Å². The number of para-hydroxylation sites is 1. The van der Waals surface area contributed by atoms with E-state index in [4.69, 9.17) is 39.6 Å². The quantitative estimate of drug-likeness (QED) is 0.0964. The van der Waals surface area contributed by atoms with Crippen LogP contribution in [0.1, 0.15) is 29.3 Å². The molecule has 0 bridgehead atoms. The van der Waals surface area contributed by atoms with Crippen LogP contribution in [0, 0.1) is 0 Å². The minimum Gasteiger partial charge on any atom is -0.497 e. The molecule has 2 N–H and O–H groups in total. The molecule has 13 nitrogen and oxygen atoms in total. The van der Waals surface area contributed by atoms with E-state index in [1.165, 1.54) is 24.8 Å². The van der Waals surface area contributed by atoms with Gasteiger partial charge in [0.05, 0.1) is 38.5 Å². The lowest BCUT2D eigenvalue weighted by Gasteiger charge is -2.37. The molecule has 1 saturated heterocycles. The maximum Gasteiger partial charge on any atom is 0.527 e. The number of phosphoric acid groups is 1. The lowest BCUT2D eigenvalue weighted by molar-refractivity contribution is -0.0919. The number of aromatic nitrogens is 4. The van der Waals surface area contributed by atoms with E-state index in [1.54, 1.807) is 30.9 Å². The summed E-state index contributed by atoms with van der Waals surface area (Å²) in [5.41, 5.74) is 1.08. The fraction of sp³-hybridized carbons (Fsp3) is 0.216. The molecule has 15 heteroatoms. The fourth-order valence-corrected chi connectivity index (χ4v) is 7.57. The molecule has 0 saturated carbocycles. The smallest absolute Gasteiger partial charge is 0.497 e. The van der Waals surface area contributed by atoms with Gasteiger partial charge in [0.2, 0.25) is 0 Å². The number of aromatic amines is 1. The van der Waals surface area contributed by atoms with E-state index in [-0.39, 0.29) is 35.0 Å². The highest BCUT2D eigenvalue weighted by Gasteiger charge is 2.46. The first kappa shape index (κ1) is 35.4. The standard InChI is InChI=1S/C37H34ClN4O9P/c1-46-27-16-12-25(13-17-27)37(24-8-4-3-5-9-24,26-14-18-28(47-2)19-15-26)48-21-32-31(51-52(44,45)50-30-11-7-6-10-29(30)38)20-33(49-32)42-23-41-34-35(42)39-22-40-36(34)43/h3-19,22-23,31-33H,20-21H2,1-2H3,(H,44,45)(H,39,40,43)/t31-,32+,33+/m0/s1. The molecule has 6 aromatic rings. The van der Waals surface area contributed by atoms with E-state index < -0.39 is 37.4 Å². The molecule has 1 fully saturated rings. The van der Waals surface area contributed by atoms with Crippen LogP contribution in [0.25, 0.3) is 11.2 Å². The number of hydrogen-bond acceptors (Lipinski definition) is 10. The molecule has 52 heavy (non-hydrogen) atoms. The maximum absolute atomic E-state index is 13.5. The van der Waals surface area contributed by atoms with Crippen LogP contribution in [0.15, 0.2) is 121 Å². The van der Waals surface area contributed by atoms with Crippen molar-refractivity contribution in [3.63, 3.8) is 0 Å². The maximum atomic E-state index is 13.5. The largest absolute Gasteiger partial charge is 0.527 e. The van der Waals surface area contributed by atoms with Gasteiger partial charge < -0.3 is 28.5 Å². The van der Waals surface area contributed by atoms with E-state index in [1.807, 2.05) is 78.9 Å². The zero-order valence-electron chi connectivity index (χ0n) is 28.0. The van der Waals surface area contributed by atoms with Gasteiger partial charge in [0.1, 0.15) is 41.3 Å². The fourth-order valence-electron chi connectivity index (χ4n) is 6.32. The second-order valence-electron chi connectivity index (χ2n) is 11.9. The number of methoxy groups -OCH3 is 2. The van der Waals surface area contributed by atoms with Gasteiger partial charge in [-0.05, 0) is 53.1 Å². The van der Waals surface area contributed by atoms with Crippen molar-refractivity contribution in [2.24, 2.45) is 0 Å². The van der Waals surface area contributed by atoms with E-state index in [0.29, 0.717) is 11.5 Å². The molecule has 1 unspecified atom stereocenters. The Kier molecular flexibility index (Phi) is 10.2. The highest BCUT2D eigenvalue weighted by molar-refractivity contribution is 7.47. The number of fused-ring (bicyclic) bond motifs is 1. The SMILES string of the molecule is COc1ccc(C(OC[C@H]2O[C@@H](n3cnc4c(=O)[nH]cnc43)C[C@@H]2OP(=O)(O)Oc2ccccc2Cl)(c2ccccc2)c2ccc(OC)cc2)cc1. The molecule has 2 aromatic heterocycles. The van der Waals surface area contributed by atoms with Crippen LogP contribution >= 0.6 is 19.4 Å². The number of ether oxygens (including phenoxy) is 4. The summed E-state index contributed by atoms with van der Waals surface area (Å²) in [4.78, 5) is 34.5. The lowest BCUT2D eigenvalue weighted by Crippen LogP contribution is -2.38. The van der Waals surface area contributed by atoms with Crippen molar-refractivity contribution in [1.29, 1.82) is 0 Å². The predicted octanol–water partition coefficient (Wildman–Crippen LogP) is 6.65. The monoisotopic (exact) mass is 744 g/mol. The number of nitrogens with one attached hydrogen (secondary N) is 1. The number of benzene rings is 4. The molecule has 4 atom stereocenters. The summed E-state index contributed by atoms with van der Waals surface area (Å²) < 4.78 is 50.9. The Balaban J connectivity index is 1.28. The molecule has 0 radical (unpaired) electrons. The van der Waals surface area contributed by atoms with Crippen LogP contribution in [0.2, 0.25) is 5.02 Å². The third-order valence-electron chi connectivity index (χ3n) is 8.81. The van der Waals surface area contributed by atoms with Crippen molar-refractivity contribution in [3.8, 4) is 17.2 Å². The zero-order valence-corrected chi connectivity index (χ0v) is 29.6. The molecule has 1 aliphatic rings. The summed E-state index contributed by atoms with van der Waals surface area (Å²) in [7, 11) is -1.60. The van der Waals surface area contributed by atoms with Crippen LogP contribution in [0.3, 0.4) is 0 Å². The minimum atomic E-state index is -4.79. The van der Waals surface area contributed by atoms with Crippen LogP contribution in [0.4, 0.5) is 0 Å². The minimum absolute atomic E-state index is 0.0237. The van der Waals surface area contributed by atoms with Gasteiger partial charge in [-0.1, -0.05) is 78.3 Å². The summed E-state index contributed by atoms with van der Waals surface area (Å²) >= 11 is 6.23. The van der Waals surface area contributed by atoms with Crippen molar-refractivity contribution >= 4 is 30.6 Å². The molecule has 0 spiro atoms. The summed E-state index contributed by atoms with van der Waals surface area (Å²) in [6.07, 6.45) is -0.0643. The molecule has 1 aliphatic heterocycles. The van der Waals surface area contributed by atoms with E-state index in [9.17, 15) is 14.3 Å². The predicted molar refractivity (Wildman–Crippen MR) is 192 cm³/mol. The normalized spacial score (nSPS) is 18.6. The van der Waals surface area contributed by atoms with E-state index >= 15 is 0 Å². The highest BCUT2D eigenvalue weighted by atomic mass is 35.5. The summed E-state index contributed by atoms with van der Waals surface area (Å²) in [5, 5.41) is 0.133. The number of imidazole rings is 1. The van der Waals surface area contributed by atoms with Gasteiger partial charge >= 0.3 is 7.82 Å². The molecule has 3 heterocycles. The Labute approximate surface area is 303 Å². The summed E-state index contributed by atoms with van der Waals surface area (Å²) in [6, 6.07) is 31.0. The lowest BCUT2D eigenvalue weighted by atomic mass is 9.80. The average molecular weight is 745 g/mol. The molecule has 7 rings (SSSR count). The highest BCUT2D eigenvalue weighted by Crippen LogP contribution is 2.50. The molecule has 0 aliphatic carbocycles. The van der Waals surface area contributed by atoms with Crippen molar-refractivity contribution in [3.05, 3.63) is 148 Å². The number of phosphoric ester groups is 1. The molecule has 4 aromatic carbocycles. The number of H-pyrrole nitrogens is 1. The Bertz CT molecular complexity index is 2200. The molecular formula is C37H34ClN4O9P. The van der Waals surface area contributed by atoms with Gasteiger partial charge in [-0.25, -0.2) is 14.5 Å². The first-order valence-electron chi connectivity index (χ1n) is 16.2. The van der Waals surface area contributed by atoms with E-state index in [2.05, 4.69) is 15.0 Å². The summed E-state index contributed by atoms with van der Waals surface area (Å²) in [5.74, 6) is 1.30. The van der Waals surface area contributed by atoms with Gasteiger partial charge in [0, 0.05) is 6.42 Å². The number of hydrogen-bond donors (Lipinski definition) is 2. The second-order valence-corrected chi connectivity index (χ2v) is 13.6. The topological polar surface area (TPSA) is 156 Å². The number of nitrogens with zero attached hydrogens (tertiary/aromatic N) is 3. The molecule has 0 amide bonds. The van der Waals surface area contributed by atoms with Crippen LogP contribution in [-0.4, -0.2) is 57.4 Å². The third-order valence-corrected chi connectivity index (χ3v) is 10.1. The van der Waals surface area contributed by atoms with Crippen molar-refractivity contribution in [2.75, 3.05) is 20.8 Å². The van der Waals surface area contributed by atoms with Gasteiger partial charge in [-0.3, -0.25) is 18.8 Å². The van der Waals surface area contributed by atoms with Crippen molar-refractivity contribution in [2.45, 2.75) is 30.5 Å². The number of rotatable bonds is 13. The Hall–Kier alpha value is -5.01. The Morgan fingerprint density at radius 3 is 2.15 bits per heavy atom. The van der Waals surface area contributed by atoms with E-state index in [0.717, 1.165) is 16.7 Å². The second kappa shape index (κ2) is 14.9. The first-order chi connectivity index (χ1) is 25.2. The van der Waals surface area contributed by atoms with Crippen LogP contribution in [0.5, 0.6) is 17.2 Å². The zero-order chi connectivity index (χ0) is 36.3. The van der Waals surface area contributed by atoms with Gasteiger partial charge in [-0.2, -0.15) is 0 Å². The molecular weight excluding hydrogens is 711 g/mol. The summed E-state index contributed by atoms with van der Waals surface area (Å²) in [6.45, 7) is -0.138. The first-order valence-corrected chi connectivity index (χ1v) is 18.1.